The predicted molar refractivity (Wildman–Crippen MR) is 148 cm³/mol. The van der Waals surface area contributed by atoms with Gasteiger partial charge in [-0.05, 0) is 43.1 Å². The third kappa shape index (κ3) is 4.34. The summed E-state index contributed by atoms with van der Waals surface area (Å²) in [4.78, 5) is 20.4. The zero-order chi connectivity index (χ0) is 24.7. The maximum Gasteiger partial charge on any atom is 0.232 e. The molecular weight excluding hydrogens is 453 g/mol. The highest BCUT2D eigenvalue weighted by Gasteiger charge is 2.30. The van der Waals surface area contributed by atoms with Crippen LogP contribution >= 0.6 is 9.24 Å². The monoisotopic (exact) mass is 485 g/mol. The van der Waals surface area contributed by atoms with Gasteiger partial charge >= 0.3 is 0 Å². The van der Waals surface area contributed by atoms with Crippen molar-refractivity contribution in [2.24, 2.45) is 5.92 Å². The van der Waals surface area contributed by atoms with E-state index in [0.29, 0.717) is 13.0 Å². The number of carbonyl (C=O) groups is 1. The molecular formula is C29H32N3O2P. The quantitative estimate of drug-likeness (QED) is 0.484. The Labute approximate surface area is 209 Å². The molecule has 2 atom stereocenters. The molecule has 1 unspecified atom stereocenters. The molecule has 0 bridgehead atoms. The number of benzene rings is 2. The first-order valence-electron chi connectivity index (χ1n) is 12.1. The van der Waals surface area contributed by atoms with E-state index in [9.17, 15) is 4.79 Å². The zero-order valence-electron chi connectivity index (χ0n) is 20.8. The average Bonchev–Trinajstić information content (AvgIpc) is 2.85. The number of aryl methyl sites for hydroxylation is 2. The highest BCUT2D eigenvalue weighted by molar-refractivity contribution is 7.28. The van der Waals surface area contributed by atoms with Gasteiger partial charge in [0, 0.05) is 37.0 Å². The van der Waals surface area contributed by atoms with Crippen molar-refractivity contribution in [2.75, 3.05) is 30.9 Å². The fourth-order valence-electron chi connectivity index (χ4n) is 5.28. The van der Waals surface area contributed by atoms with E-state index in [0.717, 1.165) is 57.6 Å². The van der Waals surface area contributed by atoms with Gasteiger partial charge in [-0.15, -0.1) is 9.24 Å². The van der Waals surface area contributed by atoms with Crippen molar-refractivity contribution in [3.8, 4) is 11.1 Å². The summed E-state index contributed by atoms with van der Waals surface area (Å²) in [6, 6.07) is 10.7. The molecule has 2 aliphatic rings. The zero-order valence-corrected chi connectivity index (χ0v) is 22.0. The molecule has 6 heteroatoms. The van der Waals surface area contributed by atoms with Gasteiger partial charge < -0.3 is 15.0 Å². The Morgan fingerprint density at radius 2 is 2.03 bits per heavy atom. The summed E-state index contributed by atoms with van der Waals surface area (Å²) in [7, 11) is 6.90. The number of para-hydroxylation sites is 1. The van der Waals surface area contributed by atoms with Crippen LogP contribution in [0.1, 0.15) is 30.4 Å². The van der Waals surface area contributed by atoms with E-state index in [4.69, 9.17) is 9.72 Å². The minimum Gasteiger partial charge on any atom is -0.498 e. The molecule has 1 N–H and O–H groups in total. The Morgan fingerprint density at radius 1 is 1.20 bits per heavy atom. The van der Waals surface area contributed by atoms with E-state index in [-0.39, 0.29) is 11.8 Å². The predicted octanol–water partition coefficient (Wildman–Crippen LogP) is 5.66. The SMILES string of the molecule is Cc1cc(C)c(P)c(-c2cccc3c(N(C)C)c(NC(=O)[C@@H]4CCOC5=C4C=CCC5)cnc23)c1. The fourth-order valence-corrected chi connectivity index (χ4v) is 5.60. The molecule has 5 rings (SSSR count). The molecule has 0 spiro atoms. The molecule has 1 aliphatic carbocycles. The fraction of sp³-hybridized carbons (Fsp3) is 0.310. The number of pyridine rings is 1. The van der Waals surface area contributed by atoms with Gasteiger partial charge in [-0.1, -0.05) is 48.0 Å². The maximum absolute atomic E-state index is 13.5. The van der Waals surface area contributed by atoms with E-state index < -0.39 is 0 Å². The number of nitrogens with one attached hydrogen (secondary N) is 1. The van der Waals surface area contributed by atoms with Gasteiger partial charge in [0.25, 0.3) is 0 Å². The van der Waals surface area contributed by atoms with Crippen molar-refractivity contribution in [1.29, 1.82) is 0 Å². The lowest BCUT2D eigenvalue weighted by Crippen LogP contribution is -2.30. The number of allylic oxidation sites excluding steroid dienone is 3. The molecule has 1 amide bonds. The lowest BCUT2D eigenvalue weighted by molar-refractivity contribution is -0.119. The van der Waals surface area contributed by atoms with Crippen molar-refractivity contribution < 1.29 is 9.53 Å². The van der Waals surface area contributed by atoms with E-state index >= 15 is 0 Å². The van der Waals surface area contributed by atoms with Gasteiger partial charge in [-0.25, -0.2) is 0 Å². The molecule has 1 aliphatic heterocycles. The van der Waals surface area contributed by atoms with E-state index in [1.54, 1.807) is 6.20 Å². The molecule has 1 aromatic heterocycles. The average molecular weight is 486 g/mol. The Hall–Kier alpha value is -3.17. The van der Waals surface area contributed by atoms with Crippen molar-refractivity contribution in [3.05, 3.63) is 71.1 Å². The van der Waals surface area contributed by atoms with Crippen LogP contribution in [0.5, 0.6) is 0 Å². The molecule has 0 radical (unpaired) electrons. The highest BCUT2D eigenvalue weighted by Crippen LogP contribution is 2.38. The first kappa shape index (κ1) is 23.6. The van der Waals surface area contributed by atoms with Crippen LogP contribution in [0, 0.1) is 19.8 Å². The second-order valence-corrected chi connectivity index (χ2v) is 10.2. The van der Waals surface area contributed by atoms with Gasteiger partial charge in [0.15, 0.2) is 0 Å². The van der Waals surface area contributed by atoms with Crippen LogP contribution in [0.25, 0.3) is 22.0 Å². The molecule has 2 heterocycles. The lowest BCUT2D eigenvalue weighted by atomic mass is 9.88. The van der Waals surface area contributed by atoms with Crippen LogP contribution in [0.3, 0.4) is 0 Å². The number of hydrogen-bond acceptors (Lipinski definition) is 4. The summed E-state index contributed by atoms with van der Waals surface area (Å²) in [5.41, 5.74) is 8.34. The van der Waals surface area contributed by atoms with Crippen molar-refractivity contribution in [2.45, 2.75) is 33.1 Å². The first-order chi connectivity index (χ1) is 16.8. The van der Waals surface area contributed by atoms with Crippen LogP contribution in [0.4, 0.5) is 11.4 Å². The minimum atomic E-state index is -0.206. The van der Waals surface area contributed by atoms with Crippen LogP contribution < -0.4 is 15.5 Å². The third-order valence-corrected chi connectivity index (χ3v) is 7.69. The van der Waals surface area contributed by atoms with Gasteiger partial charge in [0.2, 0.25) is 5.91 Å². The summed E-state index contributed by atoms with van der Waals surface area (Å²) in [5.74, 6) is 0.756. The van der Waals surface area contributed by atoms with Crippen molar-refractivity contribution in [1.82, 2.24) is 4.98 Å². The van der Waals surface area contributed by atoms with Crippen LogP contribution in [0.15, 0.2) is 60.0 Å². The van der Waals surface area contributed by atoms with E-state index in [1.807, 2.05) is 14.1 Å². The number of carbonyl (C=O) groups excluding carboxylic acids is 1. The molecule has 180 valence electrons. The number of aromatic nitrogens is 1. The van der Waals surface area contributed by atoms with Gasteiger partial charge in [-0.3, -0.25) is 9.78 Å². The van der Waals surface area contributed by atoms with Crippen LogP contribution in [0.2, 0.25) is 0 Å². The summed E-state index contributed by atoms with van der Waals surface area (Å²) in [6.45, 7) is 4.84. The normalized spacial score (nSPS) is 17.2. The highest BCUT2D eigenvalue weighted by atomic mass is 31.0. The number of nitrogens with zero attached hydrogens (tertiary/aromatic N) is 2. The second kappa shape index (κ2) is 9.47. The Morgan fingerprint density at radius 3 is 2.83 bits per heavy atom. The summed E-state index contributed by atoms with van der Waals surface area (Å²) in [6.07, 6.45) is 8.51. The number of fused-ring (bicyclic) bond motifs is 1. The smallest absolute Gasteiger partial charge is 0.232 e. The lowest BCUT2D eigenvalue weighted by Gasteiger charge is -2.29. The Bertz CT molecular complexity index is 1390. The largest absolute Gasteiger partial charge is 0.498 e. The van der Waals surface area contributed by atoms with Gasteiger partial charge in [0.1, 0.15) is 5.76 Å². The molecule has 5 nitrogen and oxygen atoms in total. The van der Waals surface area contributed by atoms with Crippen molar-refractivity contribution in [3.63, 3.8) is 0 Å². The molecule has 2 aromatic carbocycles. The van der Waals surface area contributed by atoms with Crippen LogP contribution in [-0.4, -0.2) is 31.6 Å². The number of amides is 1. The molecule has 35 heavy (non-hydrogen) atoms. The number of anilines is 2. The first-order valence-corrected chi connectivity index (χ1v) is 12.7. The molecule has 3 aromatic rings. The van der Waals surface area contributed by atoms with Gasteiger partial charge in [0.05, 0.1) is 35.6 Å². The molecule has 0 saturated carbocycles. The van der Waals surface area contributed by atoms with E-state index in [2.05, 4.69) is 75.8 Å². The maximum atomic E-state index is 13.5. The van der Waals surface area contributed by atoms with Gasteiger partial charge in [-0.2, -0.15) is 0 Å². The topological polar surface area (TPSA) is 54.5 Å². The van der Waals surface area contributed by atoms with Crippen molar-refractivity contribution >= 4 is 42.7 Å². The number of hydrogen-bond donors (Lipinski definition) is 1. The standard InChI is InChI=1S/C29H32N3O2P/c1-17-14-18(2)28(35)23(15-17)20-9-7-10-22-26(20)30-16-24(27(22)32(3)4)31-29(33)21-12-13-34-25-11-6-5-8-19(21)25/h5,7-10,14-16,21H,6,11-13,35H2,1-4H3,(H,31,33)/t21-/m1/s1. The Kier molecular flexibility index (Phi) is 6.37. The second-order valence-electron chi connectivity index (χ2n) is 9.66. The number of rotatable bonds is 4. The minimum absolute atomic E-state index is 0.00527. The Balaban J connectivity index is 1.58. The number of ether oxygens (including phenoxy) is 1. The van der Waals surface area contributed by atoms with E-state index in [1.165, 1.54) is 16.4 Å². The summed E-state index contributed by atoms with van der Waals surface area (Å²) >= 11 is 0. The molecule has 0 saturated heterocycles. The molecule has 0 fully saturated rings. The summed E-state index contributed by atoms with van der Waals surface area (Å²) < 4.78 is 5.84. The third-order valence-electron chi connectivity index (χ3n) is 6.93. The summed E-state index contributed by atoms with van der Waals surface area (Å²) in [5, 5.41) is 5.40. The van der Waals surface area contributed by atoms with Crippen LogP contribution in [-0.2, 0) is 9.53 Å².